The smallest absolute Gasteiger partial charge is 0.422 e. The van der Waals surface area contributed by atoms with Crippen molar-refractivity contribution in [1.82, 2.24) is 4.90 Å². The van der Waals surface area contributed by atoms with E-state index in [1.165, 1.54) is 30.2 Å². The van der Waals surface area contributed by atoms with Crippen LogP contribution < -0.4 is 9.47 Å². The van der Waals surface area contributed by atoms with Crippen LogP contribution in [-0.4, -0.2) is 67.6 Å². The summed E-state index contributed by atoms with van der Waals surface area (Å²) in [6.45, 7) is -1.02. The maximum atomic E-state index is 12.3. The molecular weight excluding hydrogens is 371 g/mol. The number of methoxy groups -OCH3 is 1. The van der Waals surface area contributed by atoms with Crippen molar-refractivity contribution in [2.45, 2.75) is 25.1 Å². The number of rotatable bonds is 7. The Kier molecular flexibility index (Phi) is 6.89. The highest BCUT2D eigenvalue weighted by molar-refractivity contribution is 5.84. The number of carboxylic acids is 1. The predicted octanol–water partition coefficient (Wildman–Crippen LogP) is 1.88. The van der Waals surface area contributed by atoms with Gasteiger partial charge in [-0.1, -0.05) is 6.07 Å². The Morgan fingerprint density at radius 3 is 2.70 bits per heavy atom. The Balaban J connectivity index is 1.98. The first-order valence-electron chi connectivity index (χ1n) is 8.17. The fraction of sp³-hybridized carbons (Fsp3) is 0.529. The van der Waals surface area contributed by atoms with E-state index in [1.54, 1.807) is 0 Å². The molecule has 10 heteroatoms. The zero-order valence-corrected chi connectivity index (χ0v) is 14.6. The standard InChI is InChI=1S/C17H20F3NO6/c1-25-14-8-11(2-4-13(14)27-10-17(18,19)20)3-5-15(22)21-6-7-26-9-12(21)16(23)24/h2,4,8,12H,3,5-7,9-10H2,1H3,(H,23,24). The van der Waals surface area contributed by atoms with Gasteiger partial charge in [-0.15, -0.1) is 0 Å². The van der Waals surface area contributed by atoms with Crippen LogP contribution in [0, 0.1) is 0 Å². The second kappa shape index (κ2) is 8.94. The molecule has 1 N–H and O–H groups in total. The summed E-state index contributed by atoms with van der Waals surface area (Å²) in [5, 5.41) is 9.16. The molecule has 1 heterocycles. The van der Waals surface area contributed by atoms with Crippen molar-refractivity contribution in [3.8, 4) is 11.5 Å². The number of halogens is 3. The van der Waals surface area contributed by atoms with E-state index in [1.807, 2.05) is 0 Å². The summed E-state index contributed by atoms with van der Waals surface area (Å²) in [6.07, 6.45) is -4.14. The van der Waals surface area contributed by atoms with Gasteiger partial charge in [0.15, 0.2) is 24.1 Å². The molecule has 1 aromatic carbocycles. The summed E-state index contributed by atoms with van der Waals surface area (Å²) in [5.41, 5.74) is 0.652. The minimum atomic E-state index is -4.46. The first kappa shape index (κ1) is 20.8. The molecule has 0 saturated carbocycles. The second-order valence-corrected chi connectivity index (χ2v) is 5.91. The van der Waals surface area contributed by atoms with Gasteiger partial charge in [0, 0.05) is 13.0 Å². The highest BCUT2D eigenvalue weighted by Crippen LogP contribution is 2.30. The van der Waals surface area contributed by atoms with E-state index >= 15 is 0 Å². The third-order valence-corrected chi connectivity index (χ3v) is 3.98. The lowest BCUT2D eigenvalue weighted by atomic mass is 10.1. The van der Waals surface area contributed by atoms with E-state index in [4.69, 9.17) is 19.3 Å². The van der Waals surface area contributed by atoms with Gasteiger partial charge in [-0.2, -0.15) is 13.2 Å². The van der Waals surface area contributed by atoms with Gasteiger partial charge in [0.25, 0.3) is 0 Å². The van der Waals surface area contributed by atoms with Crippen molar-refractivity contribution in [2.24, 2.45) is 0 Å². The molecule has 7 nitrogen and oxygen atoms in total. The largest absolute Gasteiger partial charge is 0.493 e. The van der Waals surface area contributed by atoms with Crippen LogP contribution in [0.5, 0.6) is 11.5 Å². The molecule has 1 fully saturated rings. The van der Waals surface area contributed by atoms with E-state index < -0.39 is 24.8 Å². The van der Waals surface area contributed by atoms with Crippen LogP contribution in [0.2, 0.25) is 0 Å². The van der Waals surface area contributed by atoms with Crippen LogP contribution in [0.25, 0.3) is 0 Å². The monoisotopic (exact) mass is 391 g/mol. The Labute approximate surface area is 153 Å². The number of hydrogen-bond acceptors (Lipinski definition) is 5. The summed E-state index contributed by atoms with van der Waals surface area (Å²) in [5.74, 6) is -1.39. The van der Waals surface area contributed by atoms with Gasteiger partial charge in [0.05, 0.1) is 20.3 Å². The number of nitrogens with zero attached hydrogens (tertiary/aromatic N) is 1. The molecule has 150 valence electrons. The lowest BCUT2D eigenvalue weighted by molar-refractivity contribution is -0.158. The third kappa shape index (κ3) is 6.02. The first-order chi connectivity index (χ1) is 12.7. The van der Waals surface area contributed by atoms with Gasteiger partial charge in [0.1, 0.15) is 0 Å². The van der Waals surface area contributed by atoms with Crippen LogP contribution in [0.1, 0.15) is 12.0 Å². The topological polar surface area (TPSA) is 85.3 Å². The quantitative estimate of drug-likeness (QED) is 0.764. The molecule has 1 saturated heterocycles. The average molecular weight is 391 g/mol. The van der Waals surface area contributed by atoms with E-state index in [0.717, 1.165) is 0 Å². The Hall–Kier alpha value is -2.49. The summed E-state index contributed by atoms with van der Waals surface area (Å²) in [7, 11) is 1.30. The minimum absolute atomic E-state index is 0.0513. The van der Waals surface area contributed by atoms with Crippen LogP contribution in [0.3, 0.4) is 0 Å². The molecule has 27 heavy (non-hydrogen) atoms. The first-order valence-corrected chi connectivity index (χ1v) is 8.17. The number of amides is 1. The van der Waals surface area contributed by atoms with Crippen molar-refractivity contribution >= 4 is 11.9 Å². The molecule has 1 atom stereocenters. The van der Waals surface area contributed by atoms with Crippen molar-refractivity contribution in [3.05, 3.63) is 23.8 Å². The van der Waals surface area contributed by atoms with E-state index in [2.05, 4.69) is 0 Å². The Morgan fingerprint density at radius 2 is 2.07 bits per heavy atom. The summed E-state index contributed by atoms with van der Waals surface area (Å²) in [6, 6.07) is 3.36. The Bertz CT molecular complexity index is 679. The fourth-order valence-electron chi connectivity index (χ4n) is 2.65. The van der Waals surface area contributed by atoms with Crippen LogP contribution in [0.4, 0.5) is 13.2 Å². The Morgan fingerprint density at radius 1 is 1.33 bits per heavy atom. The maximum absolute atomic E-state index is 12.3. The van der Waals surface area contributed by atoms with Crippen molar-refractivity contribution in [2.75, 3.05) is 33.5 Å². The zero-order chi connectivity index (χ0) is 20.0. The van der Waals surface area contributed by atoms with Gasteiger partial charge in [-0.05, 0) is 24.1 Å². The molecular formula is C17H20F3NO6. The van der Waals surface area contributed by atoms with Crippen LogP contribution in [0.15, 0.2) is 18.2 Å². The molecule has 1 aromatic rings. The number of benzene rings is 1. The summed E-state index contributed by atoms with van der Waals surface area (Å²) in [4.78, 5) is 24.8. The summed E-state index contributed by atoms with van der Waals surface area (Å²) >= 11 is 0. The SMILES string of the molecule is COc1cc(CCC(=O)N2CCOCC2C(=O)O)ccc1OCC(F)(F)F. The zero-order valence-electron chi connectivity index (χ0n) is 14.6. The van der Waals surface area contributed by atoms with Crippen molar-refractivity contribution in [3.63, 3.8) is 0 Å². The summed E-state index contributed by atoms with van der Waals surface area (Å²) < 4.78 is 51.7. The average Bonchev–Trinajstić information content (AvgIpc) is 2.63. The number of alkyl halides is 3. The lowest BCUT2D eigenvalue weighted by Crippen LogP contribution is -2.52. The van der Waals surface area contributed by atoms with Gasteiger partial charge in [-0.25, -0.2) is 4.79 Å². The van der Waals surface area contributed by atoms with Crippen molar-refractivity contribution in [1.29, 1.82) is 0 Å². The molecule has 0 aromatic heterocycles. The highest BCUT2D eigenvalue weighted by atomic mass is 19.4. The number of aliphatic carboxylic acids is 1. The molecule has 1 aliphatic rings. The molecule has 0 radical (unpaired) electrons. The van der Waals surface area contributed by atoms with Gasteiger partial charge in [-0.3, -0.25) is 4.79 Å². The molecule has 0 spiro atoms. The number of carbonyl (C=O) groups excluding carboxylic acids is 1. The van der Waals surface area contributed by atoms with Gasteiger partial charge >= 0.3 is 12.1 Å². The predicted molar refractivity (Wildman–Crippen MR) is 86.8 cm³/mol. The molecule has 2 rings (SSSR count). The van der Waals surface area contributed by atoms with Crippen LogP contribution >= 0.6 is 0 Å². The molecule has 1 unspecified atom stereocenters. The second-order valence-electron chi connectivity index (χ2n) is 5.91. The van der Waals surface area contributed by atoms with E-state index in [-0.39, 0.29) is 50.0 Å². The molecule has 1 aliphatic heterocycles. The number of hydrogen-bond donors (Lipinski definition) is 1. The number of ether oxygens (including phenoxy) is 3. The van der Waals surface area contributed by atoms with Crippen molar-refractivity contribution < 1.29 is 42.1 Å². The van der Waals surface area contributed by atoms with Gasteiger partial charge < -0.3 is 24.2 Å². The van der Waals surface area contributed by atoms with E-state index in [9.17, 15) is 22.8 Å². The third-order valence-electron chi connectivity index (χ3n) is 3.98. The lowest BCUT2D eigenvalue weighted by Gasteiger charge is -2.32. The number of aryl methyl sites for hydroxylation is 1. The fourth-order valence-corrected chi connectivity index (χ4v) is 2.65. The minimum Gasteiger partial charge on any atom is -0.493 e. The molecule has 0 aliphatic carbocycles. The van der Waals surface area contributed by atoms with Gasteiger partial charge in [0.2, 0.25) is 5.91 Å². The molecule has 1 amide bonds. The number of carbonyl (C=O) groups is 2. The number of morpholine rings is 1. The highest BCUT2D eigenvalue weighted by Gasteiger charge is 2.32. The normalized spacial score (nSPS) is 17.5. The molecule has 0 bridgehead atoms. The maximum Gasteiger partial charge on any atom is 0.422 e. The van der Waals surface area contributed by atoms with E-state index in [0.29, 0.717) is 5.56 Å². The number of carboxylic acid groups (broad SMARTS) is 1. The van der Waals surface area contributed by atoms with Crippen LogP contribution in [-0.2, 0) is 20.7 Å².